The van der Waals surface area contributed by atoms with Gasteiger partial charge in [0, 0.05) is 0 Å². The van der Waals surface area contributed by atoms with Crippen molar-refractivity contribution in [3.63, 3.8) is 0 Å². The number of esters is 1. The molecule has 2 unspecified atom stereocenters. The fourth-order valence-corrected chi connectivity index (χ4v) is 2.12. The predicted octanol–water partition coefficient (Wildman–Crippen LogP) is 1.05. The minimum Gasteiger partial charge on any atom is -0.481 e. The molecule has 0 radical (unpaired) electrons. The van der Waals surface area contributed by atoms with Gasteiger partial charge in [0.15, 0.2) is 18.1 Å². The van der Waals surface area contributed by atoms with Gasteiger partial charge < -0.3 is 24.4 Å². The predicted molar refractivity (Wildman–Crippen MR) is 75.0 cm³/mol. The number of aryl methyl sites for hydroxylation is 1. The van der Waals surface area contributed by atoms with E-state index in [0.717, 1.165) is 0 Å². The summed E-state index contributed by atoms with van der Waals surface area (Å²) in [5.74, 6) is -2.66. The van der Waals surface area contributed by atoms with Crippen molar-refractivity contribution in [2.75, 3.05) is 0 Å². The molecule has 0 saturated heterocycles. The van der Waals surface area contributed by atoms with Crippen molar-refractivity contribution in [3.8, 4) is 0 Å². The van der Waals surface area contributed by atoms with Crippen LogP contribution in [0.2, 0.25) is 0 Å². The van der Waals surface area contributed by atoms with E-state index in [1.807, 2.05) is 13.8 Å². The van der Waals surface area contributed by atoms with Crippen LogP contribution in [0.1, 0.15) is 38.2 Å². The minimum atomic E-state index is -1.06. The molecule has 0 aromatic carbocycles. The Morgan fingerprint density at radius 3 is 2.41 bits per heavy atom. The number of carboxylic acids is 1. The molecule has 1 aromatic rings. The van der Waals surface area contributed by atoms with Crippen molar-refractivity contribution < 1.29 is 28.3 Å². The first-order valence-corrected chi connectivity index (χ1v) is 6.94. The average molecular weight is 315 g/mol. The second-order valence-corrected chi connectivity index (χ2v) is 5.55. The van der Waals surface area contributed by atoms with Gasteiger partial charge in [0.05, 0.1) is 6.42 Å². The maximum absolute atomic E-state index is 11.9. The smallest absolute Gasteiger partial charge is 0.481 e. The molecule has 0 fully saturated rings. The molecule has 0 bridgehead atoms. The first kappa shape index (κ1) is 18.0. The lowest BCUT2D eigenvalue weighted by Gasteiger charge is -2.22. The molecular weight excluding hydrogens is 294 g/mol. The molecule has 0 aliphatic rings. The Kier molecular flexibility index (Phi) is 6.36. The van der Waals surface area contributed by atoms with Crippen LogP contribution in [-0.4, -0.2) is 23.1 Å². The van der Waals surface area contributed by atoms with Crippen LogP contribution in [0.5, 0.6) is 0 Å². The monoisotopic (exact) mass is 315 g/mol. The molecule has 3 N–H and O–H groups in total. The number of carbonyl (C=O) groups is 2. The molecule has 1 rings (SSSR count). The minimum absolute atomic E-state index is 0.101. The van der Waals surface area contributed by atoms with Crippen molar-refractivity contribution in [1.82, 2.24) is 0 Å². The van der Waals surface area contributed by atoms with Crippen molar-refractivity contribution in [1.29, 1.82) is 0 Å². The number of carboxylic acid groups (broad SMARTS) is 1. The van der Waals surface area contributed by atoms with Gasteiger partial charge in [-0.05, 0) is 25.2 Å². The van der Waals surface area contributed by atoms with E-state index in [-0.39, 0.29) is 30.5 Å². The third kappa shape index (κ3) is 5.36. The zero-order valence-electron chi connectivity index (χ0n) is 12.8. The normalized spacial score (nSPS) is 13.9. The summed E-state index contributed by atoms with van der Waals surface area (Å²) in [6, 6.07) is -1.06. The molecular formula is C14H21NO7. The fourth-order valence-electron chi connectivity index (χ4n) is 2.12. The molecule has 0 spiro atoms. The second kappa shape index (κ2) is 7.79. The fraction of sp³-hybridized carbons (Fsp3) is 0.643. The summed E-state index contributed by atoms with van der Waals surface area (Å²) >= 11 is 0. The van der Waals surface area contributed by atoms with Gasteiger partial charge in [-0.2, -0.15) is 0 Å². The Labute approximate surface area is 127 Å². The van der Waals surface area contributed by atoms with Gasteiger partial charge in [-0.25, -0.2) is 4.79 Å². The van der Waals surface area contributed by atoms with E-state index in [1.165, 1.54) is 6.92 Å². The SMILES string of the molecule is Cc1oc(=O)oc1COC(=O)C(N)C(CC(=O)O)CC(C)C. The van der Waals surface area contributed by atoms with Gasteiger partial charge in [-0.3, -0.25) is 9.59 Å². The molecule has 22 heavy (non-hydrogen) atoms. The molecule has 0 aliphatic heterocycles. The van der Waals surface area contributed by atoms with Crippen molar-refractivity contribution in [2.24, 2.45) is 17.6 Å². The van der Waals surface area contributed by atoms with Gasteiger partial charge in [0.2, 0.25) is 0 Å². The van der Waals surface area contributed by atoms with Crippen LogP contribution in [0, 0.1) is 18.8 Å². The van der Waals surface area contributed by atoms with E-state index >= 15 is 0 Å². The average Bonchev–Trinajstić information content (AvgIpc) is 2.71. The second-order valence-electron chi connectivity index (χ2n) is 5.55. The van der Waals surface area contributed by atoms with Gasteiger partial charge in [0.1, 0.15) is 6.04 Å². The number of rotatable bonds is 8. The standard InChI is InChI=1S/C14H21NO7/c1-7(2)4-9(5-11(16)17)12(15)13(18)20-6-10-8(3)21-14(19)22-10/h7,9,12H,4-6,15H2,1-3H3,(H,16,17). The van der Waals surface area contributed by atoms with Crippen LogP contribution in [0.4, 0.5) is 0 Å². The van der Waals surface area contributed by atoms with Gasteiger partial charge in [-0.1, -0.05) is 13.8 Å². The Balaban J connectivity index is 2.66. The number of nitrogens with two attached hydrogens (primary N) is 1. The van der Waals surface area contributed by atoms with E-state index in [4.69, 9.17) is 20.0 Å². The van der Waals surface area contributed by atoms with Crippen molar-refractivity contribution in [3.05, 3.63) is 22.1 Å². The molecule has 0 aliphatic carbocycles. The van der Waals surface area contributed by atoms with Crippen molar-refractivity contribution >= 4 is 11.9 Å². The van der Waals surface area contributed by atoms with E-state index in [1.54, 1.807) is 0 Å². The molecule has 124 valence electrons. The van der Waals surface area contributed by atoms with E-state index in [2.05, 4.69) is 4.42 Å². The Morgan fingerprint density at radius 2 is 1.95 bits per heavy atom. The van der Waals surface area contributed by atoms with E-state index in [9.17, 15) is 14.4 Å². The number of ether oxygens (including phenoxy) is 1. The number of hydrogen-bond donors (Lipinski definition) is 2. The summed E-state index contributed by atoms with van der Waals surface area (Å²) in [7, 11) is 0. The summed E-state index contributed by atoms with van der Waals surface area (Å²) in [5.41, 5.74) is 5.81. The number of aliphatic carboxylic acids is 1. The first-order chi connectivity index (χ1) is 10.2. The highest BCUT2D eigenvalue weighted by atomic mass is 16.6. The van der Waals surface area contributed by atoms with E-state index < -0.39 is 29.7 Å². The van der Waals surface area contributed by atoms with Gasteiger partial charge >= 0.3 is 17.8 Å². The highest BCUT2D eigenvalue weighted by Gasteiger charge is 2.29. The van der Waals surface area contributed by atoms with E-state index in [0.29, 0.717) is 6.42 Å². The van der Waals surface area contributed by atoms with Crippen LogP contribution >= 0.6 is 0 Å². The molecule has 1 heterocycles. The lowest BCUT2D eigenvalue weighted by atomic mass is 9.88. The highest BCUT2D eigenvalue weighted by molar-refractivity contribution is 5.77. The molecule has 8 heteroatoms. The van der Waals surface area contributed by atoms with Crippen LogP contribution in [0.3, 0.4) is 0 Å². The third-order valence-electron chi connectivity index (χ3n) is 3.17. The summed E-state index contributed by atoms with van der Waals surface area (Å²) in [6.45, 7) is 5.04. The lowest BCUT2D eigenvalue weighted by molar-refractivity contribution is -0.149. The van der Waals surface area contributed by atoms with Gasteiger partial charge in [-0.15, -0.1) is 0 Å². The zero-order chi connectivity index (χ0) is 16.9. The summed E-state index contributed by atoms with van der Waals surface area (Å²) in [6.07, 6.45) is 0.274. The Morgan fingerprint density at radius 1 is 1.32 bits per heavy atom. The molecule has 2 atom stereocenters. The summed E-state index contributed by atoms with van der Waals surface area (Å²) < 4.78 is 14.3. The van der Waals surface area contributed by atoms with Crippen molar-refractivity contribution in [2.45, 2.75) is 46.3 Å². The number of carbonyl (C=O) groups excluding carboxylic acids is 1. The maximum Gasteiger partial charge on any atom is 0.519 e. The van der Waals surface area contributed by atoms with Crippen LogP contribution in [0.15, 0.2) is 13.6 Å². The Bertz CT molecular complexity index is 572. The number of hydrogen-bond acceptors (Lipinski definition) is 7. The molecule has 0 saturated carbocycles. The lowest BCUT2D eigenvalue weighted by Crippen LogP contribution is -2.41. The topological polar surface area (TPSA) is 133 Å². The summed E-state index contributed by atoms with van der Waals surface area (Å²) in [4.78, 5) is 33.7. The van der Waals surface area contributed by atoms with Crippen LogP contribution < -0.4 is 11.6 Å². The molecule has 8 nitrogen and oxygen atoms in total. The first-order valence-electron chi connectivity index (χ1n) is 6.94. The van der Waals surface area contributed by atoms with Gasteiger partial charge in [0.25, 0.3) is 0 Å². The molecule has 1 aromatic heterocycles. The largest absolute Gasteiger partial charge is 0.519 e. The third-order valence-corrected chi connectivity index (χ3v) is 3.17. The maximum atomic E-state index is 11.9. The summed E-state index contributed by atoms with van der Waals surface area (Å²) in [5, 5.41) is 8.90. The Hall–Kier alpha value is -2.09. The molecule has 0 amide bonds. The quantitative estimate of drug-likeness (QED) is 0.680. The van der Waals surface area contributed by atoms with Crippen LogP contribution in [-0.2, 0) is 20.9 Å². The zero-order valence-corrected chi connectivity index (χ0v) is 12.8. The highest BCUT2D eigenvalue weighted by Crippen LogP contribution is 2.20. The van der Waals surface area contributed by atoms with Crippen LogP contribution in [0.25, 0.3) is 0 Å².